The molecule has 1 heterocycles. The van der Waals surface area contributed by atoms with E-state index in [1.807, 2.05) is 20.2 Å². The summed E-state index contributed by atoms with van der Waals surface area (Å²) < 4.78 is 0. The zero-order chi connectivity index (χ0) is 18.1. The van der Waals surface area contributed by atoms with Gasteiger partial charge >= 0.3 is 0 Å². The monoisotopic (exact) mass is 340 g/mol. The fourth-order valence-electron chi connectivity index (χ4n) is 2.00. The molecule has 0 saturated heterocycles. The van der Waals surface area contributed by atoms with Gasteiger partial charge in [0.1, 0.15) is 11.6 Å². The van der Waals surface area contributed by atoms with Gasteiger partial charge in [-0.15, -0.1) is 10.2 Å². The normalized spacial score (nSPS) is 11.2. The van der Waals surface area contributed by atoms with E-state index in [0.29, 0.717) is 12.1 Å². The molecule has 1 aromatic heterocycles. The van der Waals surface area contributed by atoms with Crippen molar-refractivity contribution in [2.45, 2.75) is 6.42 Å². The van der Waals surface area contributed by atoms with Crippen LogP contribution in [0.1, 0.15) is 22.6 Å². The number of aromatic nitrogens is 4. The molecule has 1 aromatic carbocycles. The summed E-state index contributed by atoms with van der Waals surface area (Å²) in [6, 6.07) is 8.95. The minimum atomic E-state index is -0.106. The number of allylic oxidation sites excluding steroid dienone is 1. The average Bonchev–Trinajstić information content (AvgIpc) is 3.14. The molecule has 0 bridgehead atoms. The molecule has 0 radical (unpaired) electrons. The molecule has 0 aliphatic heterocycles. The summed E-state index contributed by atoms with van der Waals surface area (Å²) in [4.78, 5) is 14.1. The molecule has 2 aromatic rings. The molecule has 3 N–H and O–H groups in total. The van der Waals surface area contributed by atoms with Crippen molar-refractivity contribution in [1.82, 2.24) is 30.8 Å². The van der Waals surface area contributed by atoms with Gasteiger partial charge < -0.3 is 15.5 Å². The summed E-state index contributed by atoms with van der Waals surface area (Å²) in [7, 11) is 4.00. The number of nitrogens with one attached hydrogen (secondary N) is 3. The van der Waals surface area contributed by atoms with Crippen molar-refractivity contribution in [2.75, 3.05) is 32.5 Å². The van der Waals surface area contributed by atoms with Crippen LogP contribution in [0.15, 0.2) is 30.5 Å². The highest BCUT2D eigenvalue weighted by Crippen LogP contribution is 2.12. The molecule has 25 heavy (non-hydrogen) atoms. The Morgan fingerprint density at radius 3 is 2.72 bits per heavy atom. The van der Waals surface area contributed by atoms with Crippen LogP contribution >= 0.6 is 0 Å². The van der Waals surface area contributed by atoms with Gasteiger partial charge in [-0.25, -0.2) is 0 Å². The highest BCUT2D eigenvalue weighted by Gasteiger charge is 2.06. The Kier molecular flexibility index (Phi) is 6.62. The highest BCUT2D eigenvalue weighted by atomic mass is 16.1. The molecule has 2 rings (SSSR count). The molecule has 130 valence electrons. The zero-order valence-corrected chi connectivity index (χ0v) is 14.2. The van der Waals surface area contributed by atoms with E-state index in [0.717, 1.165) is 18.7 Å². The number of hydrogen-bond acceptors (Lipinski definition) is 7. The topological polar surface area (TPSA) is 123 Å². The van der Waals surface area contributed by atoms with E-state index in [9.17, 15) is 4.79 Å². The number of carbonyl (C=O) groups excluding carboxylic acids is 1. The van der Waals surface area contributed by atoms with Crippen LogP contribution in [0.3, 0.4) is 0 Å². The molecule has 1 amide bonds. The van der Waals surface area contributed by atoms with Gasteiger partial charge in [-0.2, -0.15) is 10.5 Å². The fraction of sp³-hybridized carbons (Fsp3) is 0.312. The fourth-order valence-corrected chi connectivity index (χ4v) is 2.00. The Hall–Kier alpha value is -3.25. The highest BCUT2D eigenvalue weighted by molar-refractivity contribution is 5.94. The van der Waals surface area contributed by atoms with Crippen molar-refractivity contribution in [3.05, 3.63) is 41.9 Å². The number of carbonyl (C=O) groups is 1. The Balaban J connectivity index is 1.89. The van der Waals surface area contributed by atoms with Crippen molar-refractivity contribution in [2.24, 2.45) is 0 Å². The van der Waals surface area contributed by atoms with Crippen LogP contribution in [-0.2, 0) is 0 Å². The number of anilines is 1. The molecular formula is C16H20N8O. The molecule has 0 atom stereocenters. The summed E-state index contributed by atoms with van der Waals surface area (Å²) in [6.45, 7) is 1.56. The standard InChI is InChI=1S/C16H20N8O/c1-24(2)9-3-8-18-16(25)12-4-6-14(7-5-12)19-11-13(10-17)15-20-22-23-21-15/h4-7,11,19H,3,8-9H2,1-2H3,(H,18,25)(H,20,21,22,23). The smallest absolute Gasteiger partial charge is 0.251 e. The van der Waals surface area contributed by atoms with Crippen LogP contribution in [0.5, 0.6) is 0 Å². The lowest BCUT2D eigenvalue weighted by Crippen LogP contribution is -2.27. The molecule has 9 nitrogen and oxygen atoms in total. The van der Waals surface area contributed by atoms with E-state index in [1.165, 1.54) is 6.20 Å². The largest absolute Gasteiger partial charge is 0.360 e. The van der Waals surface area contributed by atoms with Crippen molar-refractivity contribution in [3.8, 4) is 6.07 Å². The second-order valence-corrected chi connectivity index (χ2v) is 5.54. The van der Waals surface area contributed by atoms with E-state index in [4.69, 9.17) is 5.26 Å². The molecule has 0 saturated carbocycles. The molecule has 0 aliphatic rings. The van der Waals surface area contributed by atoms with Gasteiger partial charge in [0.2, 0.25) is 5.82 Å². The number of tetrazole rings is 1. The van der Waals surface area contributed by atoms with Gasteiger partial charge in [0.15, 0.2) is 0 Å². The van der Waals surface area contributed by atoms with E-state index in [2.05, 4.69) is 36.2 Å². The molecule has 9 heteroatoms. The van der Waals surface area contributed by atoms with Crippen molar-refractivity contribution in [1.29, 1.82) is 5.26 Å². The minimum absolute atomic E-state index is 0.106. The Morgan fingerprint density at radius 2 is 2.12 bits per heavy atom. The van der Waals surface area contributed by atoms with Gasteiger partial charge in [0, 0.05) is 24.0 Å². The Labute approximate surface area is 145 Å². The van der Waals surface area contributed by atoms with Gasteiger partial charge in [0.25, 0.3) is 5.91 Å². The van der Waals surface area contributed by atoms with E-state index in [-0.39, 0.29) is 17.3 Å². The number of rotatable bonds is 8. The number of hydrogen-bond donors (Lipinski definition) is 3. The summed E-state index contributed by atoms with van der Waals surface area (Å²) in [5.74, 6) is 0.106. The second-order valence-electron chi connectivity index (χ2n) is 5.54. The second kappa shape index (κ2) is 9.14. The maximum atomic E-state index is 12.0. The summed E-state index contributed by atoms with van der Waals surface area (Å²) in [5, 5.41) is 28.2. The maximum Gasteiger partial charge on any atom is 0.251 e. The van der Waals surface area contributed by atoms with Crippen LogP contribution in [-0.4, -0.2) is 58.6 Å². The first-order valence-electron chi connectivity index (χ1n) is 7.74. The van der Waals surface area contributed by atoms with Gasteiger partial charge in [-0.05, 0) is 56.5 Å². The lowest BCUT2D eigenvalue weighted by molar-refractivity contribution is 0.0952. The minimum Gasteiger partial charge on any atom is -0.360 e. The van der Waals surface area contributed by atoms with Crippen molar-refractivity contribution in [3.63, 3.8) is 0 Å². The number of aromatic amines is 1. The molecule has 0 aliphatic carbocycles. The third kappa shape index (κ3) is 5.71. The van der Waals surface area contributed by atoms with Crippen LogP contribution in [0.25, 0.3) is 5.57 Å². The van der Waals surface area contributed by atoms with Gasteiger partial charge in [-0.3, -0.25) is 4.79 Å². The Morgan fingerprint density at radius 1 is 1.36 bits per heavy atom. The van der Waals surface area contributed by atoms with Crippen LogP contribution in [0.4, 0.5) is 5.69 Å². The number of H-pyrrole nitrogens is 1. The molecule has 0 unspecified atom stereocenters. The van der Waals surface area contributed by atoms with Crippen LogP contribution in [0.2, 0.25) is 0 Å². The van der Waals surface area contributed by atoms with E-state index < -0.39 is 0 Å². The van der Waals surface area contributed by atoms with Gasteiger partial charge in [0.05, 0.1) is 0 Å². The maximum absolute atomic E-state index is 12.0. The zero-order valence-electron chi connectivity index (χ0n) is 14.2. The average molecular weight is 340 g/mol. The number of amides is 1. The number of nitrogens with zero attached hydrogens (tertiary/aromatic N) is 5. The lowest BCUT2D eigenvalue weighted by atomic mass is 10.2. The third-order valence-electron chi connectivity index (χ3n) is 3.30. The van der Waals surface area contributed by atoms with Crippen molar-refractivity contribution < 1.29 is 4.79 Å². The first kappa shape index (κ1) is 18.1. The van der Waals surface area contributed by atoms with E-state index in [1.54, 1.807) is 24.3 Å². The summed E-state index contributed by atoms with van der Waals surface area (Å²) >= 11 is 0. The SMILES string of the molecule is CN(C)CCCNC(=O)c1ccc(NC=C(C#N)c2nn[nH]n2)cc1. The van der Waals surface area contributed by atoms with Crippen LogP contribution < -0.4 is 10.6 Å². The first-order valence-corrected chi connectivity index (χ1v) is 7.74. The van der Waals surface area contributed by atoms with Crippen LogP contribution in [0, 0.1) is 11.3 Å². The van der Waals surface area contributed by atoms with Crippen molar-refractivity contribution >= 4 is 17.2 Å². The van der Waals surface area contributed by atoms with Gasteiger partial charge in [-0.1, -0.05) is 0 Å². The Bertz CT molecular complexity index is 743. The number of benzene rings is 1. The summed E-state index contributed by atoms with van der Waals surface area (Å²) in [5.41, 5.74) is 1.56. The predicted molar refractivity (Wildman–Crippen MR) is 93.3 cm³/mol. The summed E-state index contributed by atoms with van der Waals surface area (Å²) in [6.07, 6.45) is 2.39. The number of nitriles is 1. The molecule has 0 spiro atoms. The quantitative estimate of drug-likeness (QED) is 0.481. The third-order valence-corrected chi connectivity index (χ3v) is 3.30. The predicted octanol–water partition coefficient (Wildman–Crippen LogP) is 0.858. The first-order chi connectivity index (χ1) is 12.1. The van der Waals surface area contributed by atoms with E-state index >= 15 is 0 Å². The molecular weight excluding hydrogens is 320 g/mol. The molecule has 0 fully saturated rings. The lowest BCUT2D eigenvalue weighted by Gasteiger charge is -2.10.